The lowest BCUT2D eigenvalue weighted by Gasteiger charge is -2.29. The first-order valence-electron chi connectivity index (χ1n) is 6.29. The molecule has 0 saturated carbocycles. The van der Waals surface area contributed by atoms with Crippen LogP contribution in [-0.2, 0) is 6.54 Å². The summed E-state index contributed by atoms with van der Waals surface area (Å²) in [6.07, 6.45) is 4.42. The molecule has 0 aromatic carbocycles. The van der Waals surface area contributed by atoms with E-state index in [4.69, 9.17) is 0 Å². The van der Waals surface area contributed by atoms with Crippen LogP contribution in [-0.4, -0.2) is 21.3 Å². The molecule has 4 heteroatoms. The van der Waals surface area contributed by atoms with Crippen molar-refractivity contribution in [3.63, 3.8) is 0 Å². The zero-order chi connectivity index (χ0) is 11.5. The van der Waals surface area contributed by atoms with Gasteiger partial charge in [-0.2, -0.15) is 0 Å². The van der Waals surface area contributed by atoms with E-state index in [1.54, 1.807) is 0 Å². The Bertz CT molecular complexity index is 332. The normalized spacial score (nSPS) is 26.2. The molecule has 2 unspecified atom stereocenters. The zero-order valence-electron chi connectivity index (χ0n) is 10.5. The Morgan fingerprint density at radius 2 is 2.38 bits per heavy atom. The minimum Gasteiger partial charge on any atom is -0.316 e. The Hall–Kier alpha value is -0.900. The van der Waals surface area contributed by atoms with Crippen LogP contribution in [0.1, 0.15) is 45.5 Å². The lowest BCUT2D eigenvalue weighted by molar-refractivity contribution is 0.284. The average Bonchev–Trinajstić information content (AvgIpc) is 2.66. The molecular weight excluding hydrogens is 200 g/mol. The number of hydrogen-bond acceptors (Lipinski definition) is 3. The Labute approximate surface area is 97.5 Å². The molecule has 1 aliphatic rings. The summed E-state index contributed by atoms with van der Waals surface area (Å²) in [4.78, 5) is 0. The summed E-state index contributed by atoms with van der Waals surface area (Å²) < 4.78 is 2.20. The van der Waals surface area contributed by atoms with Gasteiger partial charge in [0.25, 0.3) is 0 Å². The average molecular weight is 222 g/mol. The van der Waals surface area contributed by atoms with Crippen molar-refractivity contribution in [2.24, 2.45) is 11.8 Å². The maximum atomic E-state index is 4.29. The van der Waals surface area contributed by atoms with Crippen molar-refractivity contribution < 1.29 is 0 Å². The van der Waals surface area contributed by atoms with Crippen LogP contribution in [0, 0.1) is 11.8 Å². The summed E-state index contributed by atoms with van der Waals surface area (Å²) in [6, 6.07) is 0.384. The molecule has 1 aliphatic heterocycles. The van der Waals surface area contributed by atoms with Crippen molar-refractivity contribution in [2.75, 3.05) is 6.54 Å². The van der Waals surface area contributed by atoms with E-state index in [-0.39, 0.29) is 0 Å². The monoisotopic (exact) mass is 222 g/mol. The molecule has 16 heavy (non-hydrogen) atoms. The lowest BCUT2D eigenvalue weighted by Crippen LogP contribution is -2.35. The summed E-state index contributed by atoms with van der Waals surface area (Å²) >= 11 is 0. The van der Waals surface area contributed by atoms with Crippen molar-refractivity contribution in [3.8, 4) is 0 Å². The van der Waals surface area contributed by atoms with Crippen LogP contribution >= 0.6 is 0 Å². The van der Waals surface area contributed by atoms with Crippen molar-refractivity contribution in [1.82, 2.24) is 20.1 Å². The van der Waals surface area contributed by atoms with Gasteiger partial charge in [0.05, 0.1) is 6.04 Å². The van der Waals surface area contributed by atoms with Crippen molar-refractivity contribution >= 4 is 0 Å². The quantitative estimate of drug-likeness (QED) is 0.850. The number of nitrogens with zero attached hydrogens (tertiary/aromatic N) is 3. The Morgan fingerprint density at radius 3 is 3.06 bits per heavy atom. The molecule has 2 atom stereocenters. The fourth-order valence-corrected chi connectivity index (χ4v) is 2.43. The predicted octanol–water partition coefficient (Wildman–Crippen LogP) is 1.99. The summed E-state index contributed by atoms with van der Waals surface area (Å²) in [7, 11) is 0. The first-order chi connectivity index (χ1) is 7.68. The SMILES string of the molecule is CC(C)Cn1cnnc1C1NCCCC1C. The fourth-order valence-electron chi connectivity index (χ4n) is 2.43. The van der Waals surface area contributed by atoms with Crippen LogP contribution in [0.2, 0.25) is 0 Å². The first kappa shape index (κ1) is 11.6. The highest BCUT2D eigenvalue weighted by Crippen LogP contribution is 2.27. The Morgan fingerprint density at radius 1 is 1.56 bits per heavy atom. The van der Waals surface area contributed by atoms with Gasteiger partial charge in [0.15, 0.2) is 0 Å². The van der Waals surface area contributed by atoms with Crippen LogP contribution in [0.3, 0.4) is 0 Å². The molecule has 0 bridgehead atoms. The van der Waals surface area contributed by atoms with Crippen LogP contribution in [0.15, 0.2) is 6.33 Å². The van der Waals surface area contributed by atoms with Crippen molar-refractivity contribution in [1.29, 1.82) is 0 Å². The maximum absolute atomic E-state index is 4.29. The Kier molecular flexibility index (Phi) is 3.59. The standard InChI is InChI=1S/C12H22N4/c1-9(2)7-16-8-14-15-12(16)11-10(3)5-4-6-13-11/h8-11,13H,4-7H2,1-3H3. The number of rotatable bonds is 3. The highest BCUT2D eigenvalue weighted by atomic mass is 15.3. The molecule has 90 valence electrons. The molecule has 1 aromatic rings. The van der Waals surface area contributed by atoms with E-state index >= 15 is 0 Å². The van der Waals surface area contributed by atoms with Gasteiger partial charge in [-0.3, -0.25) is 0 Å². The third-order valence-corrected chi connectivity index (χ3v) is 3.26. The van der Waals surface area contributed by atoms with E-state index in [0.29, 0.717) is 17.9 Å². The van der Waals surface area contributed by atoms with Crippen molar-refractivity contribution in [2.45, 2.75) is 46.2 Å². The molecule has 0 aliphatic carbocycles. The molecule has 1 aromatic heterocycles. The van der Waals surface area contributed by atoms with E-state index in [9.17, 15) is 0 Å². The first-order valence-corrected chi connectivity index (χ1v) is 6.29. The fraction of sp³-hybridized carbons (Fsp3) is 0.833. The van der Waals surface area contributed by atoms with Gasteiger partial charge in [-0.25, -0.2) is 0 Å². The summed E-state index contributed by atoms with van der Waals surface area (Å²) in [5, 5.41) is 11.9. The van der Waals surface area contributed by atoms with E-state index in [1.165, 1.54) is 12.8 Å². The number of nitrogens with one attached hydrogen (secondary N) is 1. The van der Waals surface area contributed by atoms with Gasteiger partial charge in [-0.15, -0.1) is 10.2 Å². The van der Waals surface area contributed by atoms with Gasteiger partial charge in [0, 0.05) is 6.54 Å². The second-order valence-corrected chi connectivity index (χ2v) is 5.29. The molecule has 0 radical (unpaired) electrons. The molecule has 1 saturated heterocycles. The lowest BCUT2D eigenvalue weighted by atomic mass is 9.92. The van der Waals surface area contributed by atoms with Gasteiger partial charge in [-0.1, -0.05) is 20.8 Å². The topological polar surface area (TPSA) is 42.7 Å². The minimum atomic E-state index is 0.384. The third-order valence-electron chi connectivity index (χ3n) is 3.26. The maximum Gasteiger partial charge on any atom is 0.150 e. The van der Waals surface area contributed by atoms with E-state index in [2.05, 4.69) is 40.9 Å². The molecule has 4 nitrogen and oxygen atoms in total. The summed E-state index contributed by atoms with van der Waals surface area (Å²) in [5.41, 5.74) is 0. The van der Waals surface area contributed by atoms with Gasteiger partial charge in [0.2, 0.25) is 0 Å². The smallest absolute Gasteiger partial charge is 0.150 e. The molecular formula is C12H22N4. The van der Waals surface area contributed by atoms with Gasteiger partial charge in [0.1, 0.15) is 12.2 Å². The molecule has 1 N–H and O–H groups in total. The minimum absolute atomic E-state index is 0.384. The summed E-state index contributed by atoms with van der Waals surface area (Å²) in [6.45, 7) is 8.85. The van der Waals surface area contributed by atoms with E-state index < -0.39 is 0 Å². The van der Waals surface area contributed by atoms with Crippen molar-refractivity contribution in [3.05, 3.63) is 12.2 Å². The van der Waals surface area contributed by atoms with E-state index in [1.807, 2.05) is 6.33 Å². The highest BCUT2D eigenvalue weighted by Gasteiger charge is 2.26. The summed E-state index contributed by atoms with van der Waals surface area (Å²) in [5.74, 6) is 2.40. The van der Waals surface area contributed by atoms with Crippen LogP contribution in [0.4, 0.5) is 0 Å². The predicted molar refractivity (Wildman–Crippen MR) is 64.0 cm³/mol. The van der Waals surface area contributed by atoms with Gasteiger partial charge < -0.3 is 9.88 Å². The second kappa shape index (κ2) is 4.95. The van der Waals surface area contributed by atoms with Crippen LogP contribution < -0.4 is 5.32 Å². The second-order valence-electron chi connectivity index (χ2n) is 5.29. The molecule has 2 rings (SSSR count). The zero-order valence-corrected chi connectivity index (χ0v) is 10.5. The molecule has 2 heterocycles. The largest absolute Gasteiger partial charge is 0.316 e. The Balaban J connectivity index is 2.15. The van der Waals surface area contributed by atoms with Crippen LogP contribution in [0.25, 0.3) is 0 Å². The number of piperidine rings is 1. The van der Waals surface area contributed by atoms with Gasteiger partial charge in [-0.05, 0) is 31.2 Å². The van der Waals surface area contributed by atoms with E-state index in [0.717, 1.165) is 18.9 Å². The molecule has 0 spiro atoms. The molecule has 1 fully saturated rings. The molecule has 0 amide bonds. The van der Waals surface area contributed by atoms with Crippen LogP contribution in [0.5, 0.6) is 0 Å². The highest BCUT2D eigenvalue weighted by molar-refractivity contribution is 4.99. The van der Waals surface area contributed by atoms with Gasteiger partial charge >= 0.3 is 0 Å². The third kappa shape index (κ3) is 2.43. The number of hydrogen-bond donors (Lipinski definition) is 1. The number of aromatic nitrogens is 3.